The van der Waals surface area contributed by atoms with Gasteiger partial charge in [-0.15, -0.1) is 5.92 Å². The van der Waals surface area contributed by atoms with Gasteiger partial charge in [0.2, 0.25) is 0 Å². The lowest BCUT2D eigenvalue weighted by atomic mass is 9.96. The van der Waals surface area contributed by atoms with Gasteiger partial charge in [0.1, 0.15) is 5.75 Å². The van der Waals surface area contributed by atoms with Crippen molar-refractivity contribution in [3.8, 4) is 17.6 Å². The predicted molar refractivity (Wildman–Crippen MR) is 115 cm³/mol. The molecule has 2 rings (SSSR count). The third kappa shape index (κ3) is 7.40. The number of nitrogens with one attached hydrogen (secondary N) is 1. The minimum atomic E-state index is -5.02. The van der Waals surface area contributed by atoms with Crippen molar-refractivity contribution in [1.82, 2.24) is 0 Å². The van der Waals surface area contributed by atoms with E-state index in [-0.39, 0.29) is 30.3 Å². The number of hydrogen-bond donors (Lipinski definition) is 2. The molecule has 0 spiro atoms. The normalized spacial score (nSPS) is 12.8. The molecule has 2 aromatic rings. The predicted octanol–water partition coefficient (Wildman–Crippen LogP) is 6.10. The molecule has 0 bridgehead atoms. The van der Waals surface area contributed by atoms with Gasteiger partial charge in [0.05, 0.1) is 23.5 Å². The summed E-state index contributed by atoms with van der Waals surface area (Å²) in [6.07, 6.45) is -10.2. The van der Waals surface area contributed by atoms with Crippen molar-refractivity contribution in [3.63, 3.8) is 0 Å². The summed E-state index contributed by atoms with van der Waals surface area (Å²) in [7, 11) is 0. The van der Waals surface area contributed by atoms with E-state index in [0.29, 0.717) is 5.56 Å². The van der Waals surface area contributed by atoms with Crippen LogP contribution in [0.15, 0.2) is 42.5 Å². The van der Waals surface area contributed by atoms with E-state index >= 15 is 0 Å². The molecule has 0 aliphatic rings. The summed E-state index contributed by atoms with van der Waals surface area (Å²) in [5, 5.41) is 11.4. The fourth-order valence-electron chi connectivity index (χ4n) is 3.02. The number of ether oxygens (including phenoxy) is 1. The molecule has 2 aromatic carbocycles. The minimum absolute atomic E-state index is 0.198. The molecule has 1 amide bonds. The molecule has 5 nitrogen and oxygen atoms in total. The van der Waals surface area contributed by atoms with Crippen molar-refractivity contribution < 1.29 is 45.8 Å². The van der Waals surface area contributed by atoms with Crippen molar-refractivity contribution in [2.45, 2.75) is 51.1 Å². The van der Waals surface area contributed by atoms with Gasteiger partial charge in [0.25, 0.3) is 5.91 Å². The van der Waals surface area contributed by atoms with Gasteiger partial charge in [-0.25, -0.2) is 0 Å². The van der Waals surface area contributed by atoms with E-state index in [1.165, 1.54) is 24.3 Å². The number of amides is 1. The molecular formula is C24H21F6NO4. The van der Waals surface area contributed by atoms with Crippen LogP contribution in [0.1, 0.15) is 49.8 Å². The highest BCUT2D eigenvalue weighted by Gasteiger charge is 2.40. The van der Waals surface area contributed by atoms with E-state index in [4.69, 9.17) is 9.84 Å². The number of hydrogen-bond acceptors (Lipinski definition) is 3. The average molecular weight is 501 g/mol. The Kier molecular flexibility index (Phi) is 8.11. The van der Waals surface area contributed by atoms with Gasteiger partial charge in [-0.2, -0.15) is 26.3 Å². The molecule has 0 aliphatic heterocycles. The second kappa shape index (κ2) is 10.3. The average Bonchev–Trinajstić information content (AvgIpc) is 2.72. The SMILES string of the molecule is CC#CC(CC(=O)O)c1ccc(NC(=O)C(C)(C)Oc2cc(C(F)(F)F)ccc2C(F)(F)F)cc1. The molecule has 188 valence electrons. The van der Waals surface area contributed by atoms with Crippen LogP contribution in [0.3, 0.4) is 0 Å². The van der Waals surface area contributed by atoms with Gasteiger partial charge in [-0.05, 0) is 56.7 Å². The summed E-state index contributed by atoms with van der Waals surface area (Å²) in [6, 6.07) is 6.64. The number of halogens is 6. The number of anilines is 1. The zero-order valence-corrected chi connectivity index (χ0v) is 18.8. The van der Waals surface area contributed by atoms with Crippen LogP contribution >= 0.6 is 0 Å². The highest BCUT2D eigenvalue weighted by atomic mass is 19.4. The molecule has 0 radical (unpaired) electrons. The molecular weight excluding hydrogens is 480 g/mol. The first-order chi connectivity index (χ1) is 16.0. The second-order valence-electron chi connectivity index (χ2n) is 7.94. The fraction of sp³-hybridized carbons (Fsp3) is 0.333. The molecule has 1 unspecified atom stereocenters. The summed E-state index contributed by atoms with van der Waals surface area (Å²) in [4.78, 5) is 23.7. The topological polar surface area (TPSA) is 75.6 Å². The van der Waals surface area contributed by atoms with E-state index in [1.807, 2.05) is 0 Å². The Bertz CT molecular complexity index is 1140. The van der Waals surface area contributed by atoms with Gasteiger partial charge < -0.3 is 15.2 Å². The first-order valence-corrected chi connectivity index (χ1v) is 10.1. The van der Waals surface area contributed by atoms with Crippen LogP contribution < -0.4 is 10.1 Å². The zero-order chi connectivity index (χ0) is 26.6. The molecule has 2 N–H and O–H groups in total. The van der Waals surface area contributed by atoms with Crippen molar-refractivity contribution in [3.05, 3.63) is 59.2 Å². The smallest absolute Gasteiger partial charge is 0.419 e. The quantitative estimate of drug-likeness (QED) is 0.355. The number of carbonyl (C=O) groups is 2. The molecule has 1 atom stereocenters. The number of benzene rings is 2. The maximum absolute atomic E-state index is 13.3. The minimum Gasteiger partial charge on any atom is -0.481 e. The Morgan fingerprint density at radius 1 is 1.00 bits per heavy atom. The molecule has 0 saturated heterocycles. The first kappa shape index (κ1) is 27.6. The molecule has 0 aliphatic carbocycles. The van der Waals surface area contributed by atoms with Crippen molar-refractivity contribution in [2.75, 3.05) is 5.32 Å². The lowest BCUT2D eigenvalue weighted by molar-refractivity contribution is -0.144. The van der Waals surface area contributed by atoms with E-state index in [0.717, 1.165) is 13.8 Å². The molecule has 0 saturated carbocycles. The van der Waals surface area contributed by atoms with Crippen LogP contribution in [0.2, 0.25) is 0 Å². The Morgan fingerprint density at radius 3 is 2.09 bits per heavy atom. The molecule has 0 aromatic heterocycles. The number of carbonyl (C=O) groups excluding carboxylic acids is 1. The van der Waals surface area contributed by atoms with Gasteiger partial charge in [0, 0.05) is 5.69 Å². The van der Waals surface area contributed by atoms with E-state index < -0.39 is 52.6 Å². The molecule has 11 heteroatoms. The Balaban J connectivity index is 2.27. The summed E-state index contributed by atoms with van der Waals surface area (Å²) < 4.78 is 84.2. The summed E-state index contributed by atoms with van der Waals surface area (Å²) in [5.41, 5.74) is -4.05. The molecule has 0 fully saturated rings. The molecule has 0 heterocycles. The van der Waals surface area contributed by atoms with Crippen LogP contribution in [-0.4, -0.2) is 22.6 Å². The Morgan fingerprint density at radius 2 is 1.60 bits per heavy atom. The van der Waals surface area contributed by atoms with Gasteiger partial charge in [-0.3, -0.25) is 9.59 Å². The molecule has 35 heavy (non-hydrogen) atoms. The number of carboxylic acids is 1. The van der Waals surface area contributed by atoms with E-state index in [1.54, 1.807) is 6.92 Å². The number of aliphatic carboxylic acids is 1. The van der Waals surface area contributed by atoms with Crippen LogP contribution in [0.5, 0.6) is 5.75 Å². The second-order valence-corrected chi connectivity index (χ2v) is 7.94. The summed E-state index contributed by atoms with van der Waals surface area (Å²) in [6.45, 7) is 3.77. The summed E-state index contributed by atoms with van der Waals surface area (Å²) in [5.74, 6) is 1.69. The van der Waals surface area contributed by atoms with Crippen molar-refractivity contribution >= 4 is 17.6 Å². The highest BCUT2D eigenvalue weighted by Crippen LogP contribution is 2.41. The van der Waals surface area contributed by atoms with Gasteiger partial charge in [0.15, 0.2) is 5.60 Å². The largest absolute Gasteiger partial charge is 0.481 e. The van der Waals surface area contributed by atoms with Crippen molar-refractivity contribution in [2.24, 2.45) is 0 Å². The van der Waals surface area contributed by atoms with Crippen LogP contribution in [0, 0.1) is 11.8 Å². The standard InChI is InChI=1S/C24H21F6NO4/c1-4-5-15(12-20(32)33)14-6-9-17(10-7-14)31-21(34)22(2,3)35-19-13-16(23(25,26)27)8-11-18(19)24(28,29)30/h6-11,13,15H,12H2,1-3H3,(H,31,34)(H,32,33). The zero-order valence-electron chi connectivity index (χ0n) is 18.8. The lowest BCUT2D eigenvalue weighted by Gasteiger charge is -2.27. The van der Waals surface area contributed by atoms with Crippen LogP contribution in [0.25, 0.3) is 0 Å². The third-order valence-corrected chi connectivity index (χ3v) is 4.79. The van der Waals surface area contributed by atoms with E-state index in [2.05, 4.69) is 17.2 Å². The van der Waals surface area contributed by atoms with Gasteiger partial charge in [-0.1, -0.05) is 18.1 Å². The summed E-state index contributed by atoms with van der Waals surface area (Å²) >= 11 is 0. The van der Waals surface area contributed by atoms with Gasteiger partial charge >= 0.3 is 18.3 Å². The Hall–Kier alpha value is -3.68. The van der Waals surface area contributed by atoms with Crippen LogP contribution in [0.4, 0.5) is 32.0 Å². The Labute approximate surface area is 197 Å². The van der Waals surface area contributed by atoms with E-state index in [9.17, 15) is 35.9 Å². The first-order valence-electron chi connectivity index (χ1n) is 10.1. The third-order valence-electron chi connectivity index (χ3n) is 4.79. The maximum atomic E-state index is 13.3. The monoisotopic (exact) mass is 501 g/mol. The van der Waals surface area contributed by atoms with Crippen LogP contribution in [-0.2, 0) is 21.9 Å². The number of rotatable bonds is 7. The number of alkyl halides is 6. The number of carboxylic acid groups (broad SMARTS) is 1. The lowest BCUT2D eigenvalue weighted by Crippen LogP contribution is -2.43. The fourth-order valence-corrected chi connectivity index (χ4v) is 3.02. The van der Waals surface area contributed by atoms with Crippen molar-refractivity contribution in [1.29, 1.82) is 0 Å². The highest BCUT2D eigenvalue weighted by molar-refractivity contribution is 5.97. The maximum Gasteiger partial charge on any atom is 0.419 e.